The van der Waals surface area contributed by atoms with Gasteiger partial charge in [-0.2, -0.15) is 0 Å². The molecule has 0 aliphatic carbocycles. The molecule has 0 aliphatic heterocycles. The lowest BCUT2D eigenvalue weighted by atomic mass is 10.1. The third kappa shape index (κ3) is 2.91. The first-order chi connectivity index (χ1) is 5.86. The molecular weight excluding hydrogens is 168 g/mol. The summed E-state index contributed by atoms with van der Waals surface area (Å²) in [5.41, 5.74) is 1.90. The average Bonchev–Trinajstić information content (AvgIpc) is 2.56. The number of hydrogen-bond acceptors (Lipinski definition) is 3. The Morgan fingerprint density at radius 1 is 1.58 bits per heavy atom. The van der Waals surface area contributed by atoms with Crippen LogP contribution in [0.15, 0.2) is 11.7 Å². The first-order valence-electron chi connectivity index (χ1n) is 4.47. The Labute approximate surface area is 78.0 Å². The molecule has 1 atom stereocenters. The highest BCUT2D eigenvalue weighted by Crippen LogP contribution is 2.09. The van der Waals surface area contributed by atoms with Gasteiger partial charge in [-0.3, -0.25) is 4.98 Å². The van der Waals surface area contributed by atoms with Crippen molar-refractivity contribution in [2.75, 3.05) is 6.54 Å². The molecule has 0 spiro atoms. The highest BCUT2D eigenvalue weighted by molar-refractivity contribution is 7.09. The van der Waals surface area contributed by atoms with E-state index >= 15 is 0 Å². The monoisotopic (exact) mass is 184 g/mol. The summed E-state index contributed by atoms with van der Waals surface area (Å²) in [6.07, 6.45) is 4.27. The Kier molecular flexibility index (Phi) is 4.25. The number of hydrogen-bond donors (Lipinski definition) is 1. The summed E-state index contributed by atoms with van der Waals surface area (Å²) < 4.78 is 0. The minimum Gasteiger partial charge on any atom is -0.314 e. The highest BCUT2D eigenvalue weighted by Gasteiger charge is 2.05. The molecule has 12 heavy (non-hydrogen) atoms. The Morgan fingerprint density at radius 2 is 2.42 bits per heavy atom. The van der Waals surface area contributed by atoms with Crippen molar-refractivity contribution < 1.29 is 0 Å². The van der Waals surface area contributed by atoms with E-state index in [-0.39, 0.29) is 0 Å². The van der Waals surface area contributed by atoms with Gasteiger partial charge in [0.15, 0.2) is 0 Å². The molecule has 0 fully saturated rings. The molecule has 0 aromatic carbocycles. The Hall–Kier alpha value is -0.410. The topological polar surface area (TPSA) is 24.9 Å². The van der Waals surface area contributed by atoms with Crippen LogP contribution in [0.3, 0.4) is 0 Å². The fourth-order valence-corrected chi connectivity index (χ4v) is 1.91. The van der Waals surface area contributed by atoms with Crippen LogP contribution < -0.4 is 5.32 Å². The van der Waals surface area contributed by atoms with Crippen LogP contribution in [0.5, 0.6) is 0 Å². The first kappa shape index (κ1) is 9.68. The second kappa shape index (κ2) is 5.27. The van der Waals surface area contributed by atoms with Gasteiger partial charge in [0.2, 0.25) is 0 Å². The van der Waals surface area contributed by atoms with E-state index in [0.29, 0.717) is 6.04 Å². The summed E-state index contributed by atoms with van der Waals surface area (Å²) in [4.78, 5) is 5.44. The molecule has 3 heteroatoms. The summed E-state index contributed by atoms with van der Waals surface area (Å²) in [7, 11) is 0. The van der Waals surface area contributed by atoms with Crippen LogP contribution in [0, 0.1) is 0 Å². The molecule has 0 saturated carbocycles. The fraction of sp³-hybridized carbons (Fsp3) is 0.667. The maximum absolute atomic E-state index is 4.06. The lowest BCUT2D eigenvalue weighted by Gasteiger charge is -2.13. The summed E-state index contributed by atoms with van der Waals surface area (Å²) >= 11 is 1.74. The summed E-state index contributed by atoms with van der Waals surface area (Å²) in [6.45, 7) is 5.42. The van der Waals surface area contributed by atoms with Crippen molar-refractivity contribution in [1.29, 1.82) is 0 Å². The van der Waals surface area contributed by atoms with Gasteiger partial charge in [-0.1, -0.05) is 13.8 Å². The van der Waals surface area contributed by atoms with Gasteiger partial charge >= 0.3 is 0 Å². The van der Waals surface area contributed by atoms with Crippen molar-refractivity contribution in [2.24, 2.45) is 0 Å². The maximum Gasteiger partial charge on any atom is 0.0794 e. The SMILES string of the molecule is CCNC(CC)Cc1cncs1. The van der Waals surface area contributed by atoms with Crippen molar-refractivity contribution in [2.45, 2.75) is 32.7 Å². The molecular formula is C9H16N2S. The van der Waals surface area contributed by atoms with Crippen LogP contribution in [-0.4, -0.2) is 17.6 Å². The van der Waals surface area contributed by atoms with Crippen molar-refractivity contribution in [3.63, 3.8) is 0 Å². The standard InChI is InChI=1S/C9H16N2S/c1-3-8(11-4-2)5-9-6-10-7-12-9/h6-8,11H,3-5H2,1-2H3. The average molecular weight is 184 g/mol. The quantitative estimate of drug-likeness (QED) is 0.758. The van der Waals surface area contributed by atoms with Crippen molar-refractivity contribution in [1.82, 2.24) is 10.3 Å². The summed E-state index contributed by atoms with van der Waals surface area (Å²) in [5.74, 6) is 0. The Balaban J connectivity index is 2.37. The lowest BCUT2D eigenvalue weighted by Crippen LogP contribution is -2.29. The second-order valence-electron chi connectivity index (χ2n) is 2.83. The smallest absolute Gasteiger partial charge is 0.0794 e. The van der Waals surface area contributed by atoms with E-state index in [1.165, 1.54) is 11.3 Å². The summed E-state index contributed by atoms with van der Waals surface area (Å²) in [5, 5.41) is 3.45. The molecule has 68 valence electrons. The molecule has 0 saturated heterocycles. The molecule has 0 amide bonds. The van der Waals surface area contributed by atoms with Gasteiger partial charge in [0, 0.05) is 17.1 Å². The van der Waals surface area contributed by atoms with E-state index in [0.717, 1.165) is 13.0 Å². The maximum atomic E-state index is 4.06. The van der Waals surface area contributed by atoms with Gasteiger partial charge in [-0.25, -0.2) is 0 Å². The number of likely N-dealkylation sites (N-methyl/N-ethyl adjacent to an activating group) is 1. The Morgan fingerprint density at radius 3 is 2.92 bits per heavy atom. The van der Waals surface area contributed by atoms with Gasteiger partial charge in [0.05, 0.1) is 5.51 Å². The normalized spacial score (nSPS) is 13.2. The zero-order chi connectivity index (χ0) is 8.81. The summed E-state index contributed by atoms with van der Waals surface area (Å²) in [6, 6.07) is 0.621. The van der Waals surface area contributed by atoms with E-state index in [1.807, 2.05) is 11.7 Å². The molecule has 2 nitrogen and oxygen atoms in total. The molecule has 1 unspecified atom stereocenters. The zero-order valence-electron chi connectivity index (χ0n) is 7.71. The van der Waals surface area contributed by atoms with Gasteiger partial charge in [-0.05, 0) is 19.4 Å². The van der Waals surface area contributed by atoms with Crippen LogP contribution in [0.1, 0.15) is 25.1 Å². The number of rotatable bonds is 5. The largest absolute Gasteiger partial charge is 0.314 e. The third-order valence-electron chi connectivity index (χ3n) is 1.92. The third-order valence-corrected chi connectivity index (χ3v) is 2.72. The van der Waals surface area contributed by atoms with Gasteiger partial charge < -0.3 is 5.32 Å². The molecule has 0 radical (unpaired) electrons. The van der Waals surface area contributed by atoms with Gasteiger partial charge in [0.25, 0.3) is 0 Å². The van der Waals surface area contributed by atoms with Crippen molar-refractivity contribution in [3.05, 3.63) is 16.6 Å². The van der Waals surface area contributed by atoms with E-state index in [4.69, 9.17) is 0 Å². The molecule has 1 rings (SSSR count). The van der Waals surface area contributed by atoms with E-state index in [1.54, 1.807) is 11.3 Å². The predicted molar refractivity (Wildman–Crippen MR) is 53.6 cm³/mol. The molecule has 0 aliphatic rings. The van der Waals surface area contributed by atoms with E-state index < -0.39 is 0 Å². The molecule has 0 bridgehead atoms. The molecule has 1 N–H and O–H groups in total. The minimum absolute atomic E-state index is 0.621. The van der Waals surface area contributed by atoms with Crippen LogP contribution >= 0.6 is 11.3 Å². The minimum atomic E-state index is 0.621. The number of nitrogens with one attached hydrogen (secondary N) is 1. The number of thiazole rings is 1. The van der Waals surface area contributed by atoms with E-state index in [9.17, 15) is 0 Å². The molecule has 1 aromatic rings. The molecule has 1 heterocycles. The van der Waals surface area contributed by atoms with Crippen LogP contribution in [0.25, 0.3) is 0 Å². The zero-order valence-corrected chi connectivity index (χ0v) is 8.53. The van der Waals surface area contributed by atoms with Crippen LogP contribution in [-0.2, 0) is 6.42 Å². The number of aromatic nitrogens is 1. The van der Waals surface area contributed by atoms with Gasteiger partial charge in [-0.15, -0.1) is 11.3 Å². The predicted octanol–water partition coefficient (Wildman–Crippen LogP) is 2.07. The first-order valence-corrected chi connectivity index (χ1v) is 5.35. The highest BCUT2D eigenvalue weighted by atomic mass is 32.1. The second-order valence-corrected chi connectivity index (χ2v) is 3.81. The van der Waals surface area contributed by atoms with E-state index in [2.05, 4.69) is 24.1 Å². The molecule has 1 aromatic heterocycles. The van der Waals surface area contributed by atoms with Gasteiger partial charge in [0.1, 0.15) is 0 Å². The van der Waals surface area contributed by atoms with Crippen molar-refractivity contribution >= 4 is 11.3 Å². The Bertz CT molecular complexity index is 196. The fourth-order valence-electron chi connectivity index (χ4n) is 1.24. The van der Waals surface area contributed by atoms with Crippen molar-refractivity contribution in [3.8, 4) is 0 Å². The lowest BCUT2D eigenvalue weighted by molar-refractivity contribution is 0.513. The van der Waals surface area contributed by atoms with Crippen LogP contribution in [0.2, 0.25) is 0 Å². The van der Waals surface area contributed by atoms with Crippen LogP contribution in [0.4, 0.5) is 0 Å². The number of nitrogens with zero attached hydrogens (tertiary/aromatic N) is 1.